The average Bonchev–Trinajstić information content (AvgIpc) is 2.86. The van der Waals surface area contributed by atoms with E-state index in [0.29, 0.717) is 16.8 Å². The van der Waals surface area contributed by atoms with E-state index in [1.165, 1.54) is 37.4 Å². The molecule has 0 bridgehead atoms. The lowest BCUT2D eigenvalue weighted by molar-refractivity contribution is -0.120. The minimum atomic E-state index is -1.24. The van der Waals surface area contributed by atoms with Gasteiger partial charge in [-0.1, -0.05) is 43.7 Å². The largest absolute Gasteiger partial charge is 0.478 e. The van der Waals surface area contributed by atoms with Gasteiger partial charge in [-0.25, -0.2) is 4.79 Å². The summed E-state index contributed by atoms with van der Waals surface area (Å²) in [7, 11) is 1.44. The van der Waals surface area contributed by atoms with Crippen LogP contribution in [0.5, 0.6) is 5.75 Å². The molecule has 0 radical (unpaired) electrons. The van der Waals surface area contributed by atoms with Gasteiger partial charge in [0.05, 0.1) is 16.7 Å². The van der Waals surface area contributed by atoms with Crippen molar-refractivity contribution in [3.63, 3.8) is 0 Å². The van der Waals surface area contributed by atoms with Gasteiger partial charge in [-0.2, -0.15) is 0 Å². The Morgan fingerprint density at radius 3 is 1.97 bits per heavy atom. The fraction of sp³-hybridized carbons (Fsp3) is 0.154. The number of hydrogen-bond acceptors (Lipinski definition) is 5. The van der Waals surface area contributed by atoms with Gasteiger partial charge < -0.3 is 20.5 Å². The summed E-state index contributed by atoms with van der Waals surface area (Å²) in [6, 6.07) is 15.9. The summed E-state index contributed by atoms with van der Waals surface area (Å²) in [4.78, 5) is 47.5. The zero-order valence-corrected chi connectivity index (χ0v) is 19.3. The van der Waals surface area contributed by atoms with Crippen molar-refractivity contribution in [1.82, 2.24) is 5.32 Å². The number of ether oxygens (including phenoxy) is 1. The Labute approximate surface area is 197 Å². The van der Waals surface area contributed by atoms with Gasteiger partial charge in [-0.15, -0.1) is 0 Å². The monoisotopic (exact) mass is 462 g/mol. The molecule has 8 nitrogen and oxygen atoms in total. The van der Waals surface area contributed by atoms with Crippen LogP contribution in [0.1, 0.15) is 50.5 Å². The number of benzene rings is 3. The molecule has 3 N–H and O–H groups in total. The van der Waals surface area contributed by atoms with E-state index >= 15 is 0 Å². The minimum absolute atomic E-state index is 0.0368. The van der Waals surface area contributed by atoms with Gasteiger partial charge in [0.15, 0.2) is 0 Å². The molecule has 176 valence electrons. The van der Waals surface area contributed by atoms with Crippen LogP contribution in [0.2, 0.25) is 0 Å². The van der Waals surface area contributed by atoms with Crippen molar-refractivity contribution in [2.75, 3.05) is 12.4 Å². The van der Waals surface area contributed by atoms with Crippen LogP contribution in [0, 0.1) is 6.92 Å². The van der Waals surface area contributed by atoms with Crippen molar-refractivity contribution in [3.8, 4) is 16.9 Å². The van der Waals surface area contributed by atoms with E-state index in [2.05, 4.69) is 10.6 Å². The number of aromatic carboxylic acids is 1. The molecule has 0 unspecified atom stereocenters. The van der Waals surface area contributed by atoms with Crippen LogP contribution in [0.25, 0.3) is 11.1 Å². The van der Waals surface area contributed by atoms with Crippen molar-refractivity contribution in [2.24, 2.45) is 0 Å². The maximum atomic E-state index is 12.9. The molecule has 34 heavy (non-hydrogen) atoms. The molecule has 0 aromatic heterocycles. The van der Waals surface area contributed by atoms with E-state index in [1.54, 1.807) is 18.2 Å². The zero-order chi connectivity index (χ0) is 25.3. The third-order valence-electron chi connectivity index (χ3n) is 4.76. The lowest BCUT2D eigenvalue weighted by Crippen LogP contribution is -2.19. The highest BCUT2D eigenvalue weighted by Gasteiger charge is 2.19. The zero-order valence-electron chi connectivity index (χ0n) is 19.3. The molecule has 0 aliphatic heterocycles. The van der Waals surface area contributed by atoms with Crippen LogP contribution >= 0.6 is 0 Å². The molecule has 0 saturated heterocycles. The van der Waals surface area contributed by atoms with Crippen LogP contribution in [0.4, 0.5) is 5.69 Å². The number of amides is 2. The van der Waals surface area contributed by atoms with Gasteiger partial charge in [0.25, 0.3) is 18.3 Å². The van der Waals surface area contributed by atoms with E-state index in [9.17, 15) is 24.3 Å². The van der Waals surface area contributed by atoms with E-state index in [1.807, 2.05) is 32.9 Å². The van der Waals surface area contributed by atoms with E-state index < -0.39 is 17.8 Å². The molecule has 3 aromatic rings. The molecule has 3 aromatic carbocycles. The van der Waals surface area contributed by atoms with E-state index in [-0.39, 0.29) is 28.9 Å². The number of anilines is 1. The third kappa shape index (κ3) is 6.07. The lowest BCUT2D eigenvalue weighted by atomic mass is 9.96. The Kier molecular flexibility index (Phi) is 9.08. The molecule has 8 heteroatoms. The topological polar surface area (TPSA) is 122 Å². The Balaban J connectivity index is 0.00000199. The first-order valence-electron chi connectivity index (χ1n) is 10.6. The highest BCUT2D eigenvalue weighted by Crippen LogP contribution is 2.29. The predicted molar refractivity (Wildman–Crippen MR) is 129 cm³/mol. The number of rotatable bonds is 7. The normalized spacial score (nSPS) is 9.76. The molecule has 0 atom stereocenters. The Bertz CT molecular complexity index is 1200. The van der Waals surface area contributed by atoms with Gasteiger partial charge in [0.1, 0.15) is 5.75 Å². The second-order valence-corrected chi connectivity index (χ2v) is 6.89. The fourth-order valence-electron chi connectivity index (χ4n) is 3.11. The third-order valence-corrected chi connectivity index (χ3v) is 4.76. The van der Waals surface area contributed by atoms with Crippen molar-refractivity contribution in [1.29, 1.82) is 0 Å². The second kappa shape index (κ2) is 12.0. The molecular weight excluding hydrogens is 436 g/mol. The first-order chi connectivity index (χ1) is 16.3. The van der Waals surface area contributed by atoms with Crippen molar-refractivity contribution in [3.05, 3.63) is 82.9 Å². The number of carbonyl (C=O) groups is 4. The summed E-state index contributed by atoms with van der Waals surface area (Å²) in [6.07, 6.45) is 0. The summed E-state index contributed by atoms with van der Waals surface area (Å²) in [5.41, 5.74) is 2.50. The van der Waals surface area contributed by atoms with Gasteiger partial charge in [0, 0.05) is 12.7 Å². The standard InChI is InChI=1S/C24H20N2O6.C2H6/c1-14-3-7-17(8-4-14)26-23(29)19-11-15(5-9-18(19)24(30)31)16-6-10-21(32-13-27)20(12-16)22(28)25-2;1-2/h3-13H,1-2H3,(H,25,28)(H,26,29)(H,30,31);1-2H3. The number of nitrogens with one attached hydrogen (secondary N) is 2. The summed E-state index contributed by atoms with van der Waals surface area (Å²) in [6.45, 7) is 6.13. The number of carboxylic acids is 1. The van der Waals surface area contributed by atoms with Gasteiger partial charge in [-0.05, 0) is 54.4 Å². The maximum absolute atomic E-state index is 12.9. The van der Waals surface area contributed by atoms with Crippen LogP contribution in [-0.2, 0) is 4.79 Å². The highest BCUT2D eigenvalue weighted by atomic mass is 16.5. The molecule has 3 rings (SSSR count). The molecule has 0 aliphatic rings. The summed E-state index contributed by atoms with van der Waals surface area (Å²) in [5, 5.41) is 14.7. The average molecular weight is 463 g/mol. The number of aryl methyl sites for hydroxylation is 1. The number of hydrogen-bond donors (Lipinski definition) is 3. The second-order valence-electron chi connectivity index (χ2n) is 6.89. The Morgan fingerprint density at radius 1 is 0.824 bits per heavy atom. The summed E-state index contributed by atoms with van der Waals surface area (Å²) in [5.74, 6) is -2.22. The smallest absolute Gasteiger partial charge is 0.336 e. The molecule has 2 amide bonds. The lowest BCUT2D eigenvalue weighted by Gasteiger charge is -2.12. The Hall–Kier alpha value is -4.46. The first-order valence-corrected chi connectivity index (χ1v) is 10.6. The highest BCUT2D eigenvalue weighted by molar-refractivity contribution is 6.11. The summed E-state index contributed by atoms with van der Waals surface area (Å²) < 4.78 is 4.85. The fourth-order valence-corrected chi connectivity index (χ4v) is 3.11. The predicted octanol–water partition coefficient (Wildman–Crippen LogP) is 4.53. The van der Waals surface area contributed by atoms with Crippen LogP contribution < -0.4 is 15.4 Å². The van der Waals surface area contributed by atoms with Gasteiger partial charge in [-0.3, -0.25) is 14.4 Å². The van der Waals surface area contributed by atoms with Crippen LogP contribution in [0.15, 0.2) is 60.7 Å². The van der Waals surface area contributed by atoms with Crippen molar-refractivity contribution < 1.29 is 29.0 Å². The molecule has 0 heterocycles. The summed E-state index contributed by atoms with van der Waals surface area (Å²) >= 11 is 0. The molecule has 0 fully saturated rings. The SMILES string of the molecule is CC.CNC(=O)c1cc(-c2ccc(C(=O)O)c(C(=O)Nc3ccc(C)cc3)c2)ccc1OC=O. The maximum Gasteiger partial charge on any atom is 0.336 e. The van der Waals surface area contributed by atoms with E-state index in [4.69, 9.17) is 4.74 Å². The van der Waals surface area contributed by atoms with Crippen LogP contribution in [0.3, 0.4) is 0 Å². The van der Waals surface area contributed by atoms with E-state index in [0.717, 1.165) is 5.56 Å². The van der Waals surface area contributed by atoms with Crippen LogP contribution in [-0.4, -0.2) is 36.4 Å². The molecule has 0 spiro atoms. The quantitative estimate of drug-likeness (QED) is 0.444. The number of carboxylic acid groups (broad SMARTS) is 1. The van der Waals surface area contributed by atoms with Gasteiger partial charge in [0.2, 0.25) is 0 Å². The molecule has 0 aliphatic carbocycles. The Morgan fingerprint density at radius 2 is 1.41 bits per heavy atom. The number of carbonyl (C=O) groups excluding carboxylic acids is 3. The first kappa shape index (κ1) is 25.8. The van der Waals surface area contributed by atoms with Crippen molar-refractivity contribution >= 4 is 29.9 Å². The molecular formula is C26H26N2O6. The molecule has 0 saturated carbocycles. The van der Waals surface area contributed by atoms with Gasteiger partial charge >= 0.3 is 5.97 Å². The van der Waals surface area contributed by atoms with Crippen molar-refractivity contribution in [2.45, 2.75) is 20.8 Å². The minimum Gasteiger partial charge on any atom is -0.478 e.